The molecular formula is C15H18O4. The zero-order valence-corrected chi connectivity index (χ0v) is 11.2. The van der Waals surface area contributed by atoms with Crippen molar-refractivity contribution in [3.8, 4) is 0 Å². The van der Waals surface area contributed by atoms with E-state index in [1.807, 2.05) is 37.3 Å². The number of rotatable bonds is 7. The van der Waals surface area contributed by atoms with Crippen molar-refractivity contribution < 1.29 is 19.1 Å². The SMILES string of the molecule is CCC(=O)OC/C(=C/c1ccc(C)cc1)COC=O. The van der Waals surface area contributed by atoms with Crippen LogP contribution >= 0.6 is 0 Å². The number of carbonyl (C=O) groups is 2. The summed E-state index contributed by atoms with van der Waals surface area (Å²) < 4.78 is 9.76. The van der Waals surface area contributed by atoms with Crippen molar-refractivity contribution in [2.24, 2.45) is 0 Å². The largest absolute Gasteiger partial charge is 0.463 e. The number of ether oxygens (including phenoxy) is 2. The molecule has 0 atom stereocenters. The van der Waals surface area contributed by atoms with Crippen molar-refractivity contribution in [1.29, 1.82) is 0 Å². The third-order valence-corrected chi connectivity index (χ3v) is 2.49. The molecule has 0 aliphatic carbocycles. The molecule has 1 aromatic carbocycles. The Morgan fingerprint density at radius 3 is 2.47 bits per heavy atom. The van der Waals surface area contributed by atoms with Crippen molar-refractivity contribution in [1.82, 2.24) is 0 Å². The fraction of sp³-hybridized carbons (Fsp3) is 0.333. The van der Waals surface area contributed by atoms with Gasteiger partial charge in [-0.25, -0.2) is 0 Å². The molecule has 102 valence electrons. The van der Waals surface area contributed by atoms with Crippen LogP contribution in [0.1, 0.15) is 24.5 Å². The Morgan fingerprint density at radius 2 is 1.89 bits per heavy atom. The lowest BCUT2D eigenvalue weighted by molar-refractivity contribution is -0.142. The molecule has 0 radical (unpaired) electrons. The number of hydrogen-bond donors (Lipinski definition) is 0. The number of esters is 1. The molecule has 0 aromatic heterocycles. The number of carbonyl (C=O) groups excluding carboxylic acids is 2. The third kappa shape index (κ3) is 5.86. The maximum absolute atomic E-state index is 11.1. The topological polar surface area (TPSA) is 52.6 Å². The van der Waals surface area contributed by atoms with E-state index in [0.29, 0.717) is 12.9 Å². The van der Waals surface area contributed by atoms with E-state index in [2.05, 4.69) is 0 Å². The first-order valence-electron chi connectivity index (χ1n) is 6.12. The molecule has 4 nitrogen and oxygen atoms in total. The van der Waals surface area contributed by atoms with Gasteiger partial charge in [0.2, 0.25) is 0 Å². The van der Waals surface area contributed by atoms with Gasteiger partial charge >= 0.3 is 5.97 Å². The van der Waals surface area contributed by atoms with E-state index in [-0.39, 0.29) is 19.2 Å². The van der Waals surface area contributed by atoms with Gasteiger partial charge < -0.3 is 9.47 Å². The Bertz CT molecular complexity index is 446. The van der Waals surface area contributed by atoms with E-state index in [4.69, 9.17) is 9.47 Å². The molecule has 0 bridgehead atoms. The highest BCUT2D eigenvalue weighted by Crippen LogP contribution is 2.09. The molecule has 1 aromatic rings. The van der Waals surface area contributed by atoms with E-state index in [9.17, 15) is 9.59 Å². The van der Waals surface area contributed by atoms with Crippen LogP contribution in [0.25, 0.3) is 6.08 Å². The molecule has 0 aliphatic rings. The zero-order chi connectivity index (χ0) is 14.1. The van der Waals surface area contributed by atoms with Crippen molar-refractivity contribution >= 4 is 18.5 Å². The molecule has 0 aliphatic heterocycles. The van der Waals surface area contributed by atoms with Crippen LogP contribution in [0.5, 0.6) is 0 Å². The molecule has 0 fully saturated rings. The summed E-state index contributed by atoms with van der Waals surface area (Å²) in [6.45, 7) is 4.37. The van der Waals surface area contributed by atoms with Crippen LogP contribution in [0, 0.1) is 6.92 Å². The molecule has 4 heteroatoms. The second-order valence-electron chi connectivity index (χ2n) is 4.13. The van der Waals surface area contributed by atoms with E-state index in [1.165, 1.54) is 5.56 Å². The molecule has 0 N–H and O–H groups in total. The van der Waals surface area contributed by atoms with Crippen LogP contribution in [0.4, 0.5) is 0 Å². The highest BCUT2D eigenvalue weighted by Gasteiger charge is 2.04. The molecule has 0 saturated carbocycles. The molecule has 0 spiro atoms. The van der Waals surface area contributed by atoms with Crippen molar-refractivity contribution in [2.45, 2.75) is 20.3 Å². The normalized spacial score (nSPS) is 10.9. The van der Waals surface area contributed by atoms with E-state index >= 15 is 0 Å². The van der Waals surface area contributed by atoms with Gasteiger partial charge in [-0.2, -0.15) is 0 Å². The highest BCUT2D eigenvalue weighted by atomic mass is 16.5. The van der Waals surface area contributed by atoms with Crippen molar-refractivity contribution in [3.05, 3.63) is 41.0 Å². The minimum atomic E-state index is -0.277. The summed E-state index contributed by atoms with van der Waals surface area (Å²) in [7, 11) is 0. The first-order valence-corrected chi connectivity index (χ1v) is 6.12. The van der Waals surface area contributed by atoms with Crippen molar-refractivity contribution in [3.63, 3.8) is 0 Å². The first kappa shape index (κ1) is 15.0. The minimum Gasteiger partial charge on any atom is -0.463 e. The zero-order valence-electron chi connectivity index (χ0n) is 11.2. The standard InChI is InChI=1S/C15H18O4/c1-3-15(17)19-10-14(9-18-11-16)8-13-6-4-12(2)5-7-13/h4-8,11H,3,9-10H2,1-2H3/b14-8+. The predicted molar refractivity (Wildman–Crippen MR) is 72.4 cm³/mol. The molecule has 1 rings (SSSR count). The Morgan fingerprint density at radius 1 is 1.21 bits per heavy atom. The summed E-state index contributed by atoms with van der Waals surface area (Å²) in [6, 6.07) is 7.89. The molecule has 19 heavy (non-hydrogen) atoms. The van der Waals surface area contributed by atoms with Gasteiger partial charge in [0.1, 0.15) is 13.2 Å². The van der Waals surface area contributed by atoms with Gasteiger partial charge in [0, 0.05) is 12.0 Å². The molecule has 0 heterocycles. The number of benzene rings is 1. The summed E-state index contributed by atoms with van der Waals surface area (Å²) in [5.74, 6) is -0.277. The average Bonchev–Trinajstić information content (AvgIpc) is 2.43. The van der Waals surface area contributed by atoms with Gasteiger partial charge in [-0.05, 0) is 18.6 Å². The van der Waals surface area contributed by atoms with Crippen LogP contribution in [-0.2, 0) is 19.1 Å². The smallest absolute Gasteiger partial charge is 0.305 e. The molecule has 0 amide bonds. The van der Waals surface area contributed by atoms with Gasteiger partial charge in [-0.3, -0.25) is 9.59 Å². The lowest BCUT2D eigenvalue weighted by Gasteiger charge is -2.08. The Labute approximate surface area is 113 Å². The quantitative estimate of drug-likeness (QED) is 0.559. The fourth-order valence-electron chi connectivity index (χ4n) is 1.44. The molecule has 0 unspecified atom stereocenters. The van der Waals surface area contributed by atoms with E-state index < -0.39 is 0 Å². The molecular weight excluding hydrogens is 244 g/mol. The lowest BCUT2D eigenvalue weighted by atomic mass is 10.1. The Hall–Kier alpha value is -2.10. The summed E-state index contributed by atoms with van der Waals surface area (Å²) in [4.78, 5) is 21.4. The number of aryl methyl sites for hydroxylation is 1. The van der Waals surface area contributed by atoms with Crippen LogP contribution in [0.15, 0.2) is 29.8 Å². The lowest BCUT2D eigenvalue weighted by Crippen LogP contribution is -2.09. The van der Waals surface area contributed by atoms with E-state index in [1.54, 1.807) is 6.92 Å². The summed E-state index contributed by atoms with van der Waals surface area (Å²) in [6.07, 6.45) is 2.18. The fourth-order valence-corrected chi connectivity index (χ4v) is 1.44. The highest BCUT2D eigenvalue weighted by molar-refractivity contribution is 5.69. The maximum Gasteiger partial charge on any atom is 0.305 e. The first-order chi connectivity index (χ1) is 9.15. The van der Waals surface area contributed by atoms with E-state index in [0.717, 1.165) is 11.1 Å². The average molecular weight is 262 g/mol. The van der Waals surface area contributed by atoms with Gasteiger partial charge in [-0.1, -0.05) is 36.8 Å². The van der Waals surface area contributed by atoms with Crippen LogP contribution in [0.3, 0.4) is 0 Å². The van der Waals surface area contributed by atoms with Gasteiger partial charge in [0.05, 0.1) is 0 Å². The second-order valence-corrected chi connectivity index (χ2v) is 4.13. The van der Waals surface area contributed by atoms with Crippen molar-refractivity contribution in [2.75, 3.05) is 13.2 Å². The monoisotopic (exact) mass is 262 g/mol. The predicted octanol–water partition coefficient (Wildman–Crippen LogP) is 2.50. The van der Waals surface area contributed by atoms with Crippen LogP contribution in [-0.4, -0.2) is 25.7 Å². The second kappa shape index (κ2) is 8.08. The summed E-state index contributed by atoms with van der Waals surface area (Å²) in [5.41, 5.74) is 2.88. The summed E-state index contributed by atoms with van der Waals surface area (Å²) >= 11 is 0. The van der Waals surface area contributed by atoms with Crippen LogP contribution < -0.4 is 0 Å². The maximum atomic E-state index is 11.1. The Kier molecular flexibility index (Phi) is 6.36. The summed E-state index contributed by atoms with van der Waals surface area (Å²) in [5, 5.41) is 0. The van der Waals surface area contributed by atoms with Gasteiger partial charge in [-0.15, -0.1) is 0 Å². The Balaban J connectivity index is 2.73. The van der Waals surface area contributed by atoms with Gasteiger partial charge in [0.15, 0.2) is 0 Å². The molecule has 0 saturated heterocycles. The minimum absolute atomic E-state index is 0.119. The van der Waals surface area contributed by atoms with Crippen LogP contribution in [0.2, 0.25) is 0 Å². The third-order valence-electron chi connectivity index (χ3n) is 2.49. The number of hydrogen-bond acceptors (Lipinski definition) is 4. The van der Waals surface area contributed by atoms with Gasteiger partial charge in [0.25, 0.3) is 6.47 Å².